The van der Waals surface area contributed by atoms with Crippen molar-refractivity contribution in [1.29, 1.82) is 0 Å². The smallest absolute Gasteiger partial charge is 0.0724 e. The van der Waals surface area contributed by atoms with E-state index >= 15 is 0 Å². The second-order valence-corrected chi connectivity index (χ2v) is 4.42. The number of para-hydroxylation sites is 1. The molecule has 1 unspecified atom stereocenters. The highest BCUT2D eigenvalue weighted by atomic mass is 16.3. The largest absolute Gasteiger partial charge is 0.393 e. The summed E-state index contributed by atoms with van der Waals surface area (Å²) in [5.74, 6) is 0. The van der Waals surface area contributed by atoms with E-state index in [-0.39, 0.29) is 6.10 Å². The Hall–Kier alpha value is -1.41. The first-order chi connectivity index (χ1) is 8.26. The van der Waals surface area contributed by atoms with Gasteiger partial charge in [-0.1, -0.05) is 38.5 Å². The van der Waals surface area contributed by atoms with Crippen LogP contribution in [0.25, 0.3) is 22.2 Å². The first kappa shape index (κ1) is 12.1. The molecule has 0 aromatic heterocycles. The molecular weight excluding hydrogens is 210 g/mol. The Bertz CT molecular complexity index is 507. The van der Waals surface area contributed by atoms with Crippen LogP contribution in [-0.4, -0.2) is 16.2 Å². The first-order valence-corrected chi connectivity index (χ1v) is 6.34. The molecule has 2 aliphatic rings. The molecule has 90 valence electrons. The molecule has 3 rings (SSSR count). The highest BCUT2D eigenvalue weighted by Crippen LogP contribution is 2.39. The summed E-state index contributed by atoms with van der Waals surface area (Å²) in [6, 6.07) is 10.4. The summed E-state index contributed by atoms with van der Waals surface area (Å²) in [6.07, 6.45) is 2.89. The molecule has 1 heterocycles. The zero-order valence-electron chi connectivity index (χ0n) is 10.5. The highest BCUT2D eigenvalue weighted by molar-refractivity contribution is 6.04. The molecule has 1 aromatic rings. The third-order valence-electron chi connectivity index (χ3n) is 3.00. The molecule has 0 saturated carbocycles. The summed E-state index contributed by atoms with van der Waals surface area (Å²) in [7, 11) is 0. The number of aliphatic hydroxyl groups is 1. The van der Waals surface area contributed by atoms with Crippen LogP contribution in [0.1, 0.15) is 33.1 Å². The third kappa shape index (κ3) is 2.83. The van der Waals surface area contributed by atoms with Gasteiger partial charge in [0, 0.05) is 10.9 Å². The van der Waals surface area contributed by atoms with Crippen molar-refractivity contribution in [2.24, 2.45) is 0 Å². The molecule has 2 heteroatoms. The number of aliphatic hydroxyl groups excluding tert-OH is 1. The van der Waals surface area contributed by atoms with Crippen LogP contribution < -0.4 is 0 Å². The number of hydrogen-bond donors (Lipinski definition) is 1. The lowest BCUT2D eigenvalue weighted by Crippen LogP contribution is -2.01. The van der Waals surface area contributed by atoms with Gasteiger partial charge >= 0.3 is 0 Å². The van der Waals surface area contributed by atoms with Crippen LogP contribution in [0.3, 0.4) is 0 Å². The van der Waals surface area contributed by atoms with Crippen molar-refractivity contribution in [2.45, 2.75) is 39.2 Å². The molecule has 1 aliphatic carbocycles. The number of benzene rings is 1. The fourth-order valence-corrected chi connectivity index (χ4v) is 1.87. The molecule has 1 aliphatic heterocycles. The van der Waals surface area contributed by atoms with E-state index in [1.165, 1.54) is 16.6 Å². The SMILES string of the molecule is CCCC(O)CC.c1ccc2c3cc-3nc2c1. The number of nitrogens with zero attached hydrogens (tertiary/aromatic N) is 1. The number of hydrogen-bond acceptors (Lipinski definition) is 2. The Morgan fingerprint density at radius 3 is 2.59 bits per heavy atom. The predicted molar refractivity (Wildman–Crippen MR) is 71.9 cm³/mol. The van der Waals surface area contributed by atoms with Gasteiger partial charge in [-0.3, -0.25) is 0 Å². The Morgan fingerprint density at radius 2 is 2.00 bits per heavy atom. The second-order valence-electron chi connectivity index (χ2n) is 4.42. The second kappa shape index (κ2) is 5.28. The van der Waals surface area contributed by atoms with Crippen LogP contribution in [0.5, 0.6) is 0 Å². The van der Waals surface area contributed by atoms with Gasteiger partial charge in [-0.2, -0.15) is 0 Å². The molecule has 0 saturated heterocycles. The topological polar surface area (TPSA) is 33.1 Å². The first-order valence-electron chi connectivity index (χ1n) is 6.34. The molecule has 0 radical (unpaired) electrons. The van der Waals surface area contributed by atoms with Gasteiger partial charge in [-0.15, -0.1) is 0 Å². The van der Waals surface area contributed by atoms with E-state index in [0.717, 1.165) is 24.8 Å². The van der Waals surface area contributed by atoms with Crippen molar-refractivity contribution < 1.29 is 5.11 Å². The Morgan fingerprint density at radius 1 is 1.24 bits per heavy atom. The van der Waals surface area contributed by atoms with Crippen molar-refractivity contribution in [2.75, 3.05) is 0 Å². The molecule has 1 atom stereocenters. The van der Waals surface area contributed by atoms with Gasteiger partial charge in [-0.25, -0.2) is 4.98 Å². The minimum Gasteiger partial charge on any atom is -0.393 e. The van der Waals surface area contributed by atoms with E-state index in [2.05, 4.69) is 36.2 Å². The lowest BCUT2D eigenvalue weighted by Gasteiger charge is -2.01. The molecule has 17 heavy (non-hydrogen) atoms. The van der Waals surface area contributed by atoms with Crippen molar-refractivity contribution >= 4 is 10.9 Å². The minimum absolute atomic E-state index is 0.0509. The maximum Gasteiger partial charge on any atom is 0.0724 e. The summed E-state index contributed by atoms with van der Waals surface area (Å²) in [6.45, 7) is 4.08. The minimum atomic E-state index is -0.0509. The maximum absolute atomic E-state index is 8.86. The highest BCUT2D eigenvalue weighted by Gasteiger charge is 2.18. The standard InChI is InChI=1S/C9H5N.C6H14O/c1-2-4-8-6(3-1)7-5-9(7)10-8;1-3-5-6(7)4-2/h1-5H;6-7H,3-5H2,1-2H3. The van der Waals surface area contributed by atoms with E-state index in [4.69, 9.17) is 5.11 Å². The number of aromatic nitrogens is 1. The molecule has 2 nitrogen and oxygen atoms in total. The van der Waals surface area contributed by atoms with Crippen LogP contribution in [-0.2, 0) is 0 Å². The molecule has 0 amide bonds. The predicted octanol–water partition coefficient (Wildman–Crippen LogP) is 3.77. The van der Waals surface area contributed by atoms with Crippen molar-refractivity contribution in [3.8, 4) is 11.3 Å². The summed E-state index contributed by atoms with van der Waals surface area (Å²) in [5, 5.41) is 10.2. The van der Waals surface area contributed by atoms with E-state index in [9.17, 15) is 0 Å². The molecule has 0 bridgehead atoms. The fourth-order valence-electron chi connectivity index (χ4n) is 1.87. The monoisotopic (exact) mass is 229 g/mol. The quantitative estimate of drug-likeness (QED) is 0.741. The van der Waals surface area contributed by atoms with Gasteiger partial charge < -0.3 is 5.11 Å². The number of pyridine rings is 1. The zero-order chi connectivity index (χ0) is 12.3. The van der Waals surface area contributed by atoms with Gasteiger partial charge in [-0.05, 0) is 25.0 Å². The zero-order valence-corrected chi connectivity index (χ0v) is 10.5. The van der Waals surface area contributed by atoms with Crippen molar-refractivity contribution in [3.63, 3.8) is 0 Å². The molecule has 0 fully saturated rings. The van der Waals surface area contributed by atoms with E-state index < -0.39 is 0 Å². The average molecular weight is 229 g/mol. The van der Waals surface area contributed by atoms with Gasteiger partial charge in [0.2, 0.25) is 0 Å². The van der Waals surface area contributed by atoms with Gasteiger partial charge in [0.05, 0.1) is 17.3 Å². The lowest BCUT2D eigenvalue weighted by atomic mass is 10.2. The van der Waals surface area contributed by atoms with Crippen LogP contribution in [0.15, 0.2) is 30.3 Å². The Labute approximate surface area is 102 Å². The number of fused-ring (bicyclic) bond motifs is 3. The summed E-state index contributed by atoms with van der Waals surface area (Å²) in [4.78, 5) is 4.35. The molecular formula is C15H19NO. The van der Waals surface area contributed by atoms with E-state index in [0.29, 0.717) is 0 Å². The molecule has 0 spiro atoms. The van der Waals surface area contributed by atoms with Crippen molar-refractivity contribution in [3.05, 3.63) is 30.3 Å². The van der Waals surface area contributed by atoms with Crippen LogP contribution in [0, 0.1) is 0 Å². The van der Waals surface area contributed by atoms with Crippen LogP contribution >= 0.6 is 0 Å². The third-order valence-corrected chi connectivity index (χ3v) is 3.00. The molecule has 1 aromatic carbocycles. The van der Waals surface area contributed by atoms with Gasteiger partial charge in [0.15, 0.2) is 0 Å². The number of rotatable bonds is 3. The average Bonchev–Trinajstić information content (AvgIpc) is 3.03. The van der Waals surface area contributed by atoms with Crippen LogP contribution in [0.2, 0.25) is 0 Å². The summed E-state index contributed by atoms with van der Waals surface area (Å²) in [5.41, 5.74) is 3.66. The summed E-state index contributed by atoms with van der Waals surface area (Å²) < 4.78 is 0. The normalized spacial score (nSPS) is 12.9. The summed E-state index contributed by atoms with van der Waals surface area (Å²) >= 11 is 0. The maximum atomic E-state index is 8.86. The Kier molecular flexibility index (Phi) is 3.75. The Balaban J connectivity index is 0.000000139. The molecule has 1 N–H and O–H groups in total. The van der Waals surface area contributed by atoms with E-state index in [1.807, 2.05) is 13.0 Å². The fraction of sp³-hybridized carbons (Fsp3) is 0.400. The lowest BCUT2D eigenvalue weighted by molar-refractivity contribution is 0.159. The van der Waals surface area contributed by atoms with Gasteiger partial charge in [0.1, 0.15) is 0 Å². The van der Waals surface area contributed by atoms with Gasteiger partial charge in [0.25, 0.3) is 0 Å². The van der Waals surface area contributed by atoms with Crippen molar-refractivity contribution in [1.82, 2.24) is 4.98 Å². The van der Waals surface area contributed by atoms with E-state index in [1.54, 1.807) is 0 Å². The van der Waals surface area contributed by atoms with Crippen LogP contribution in [0.4, 0.5) is 0 Å².